The van der Waals surface area contributed by atoms with Gasteiger partial charge in [-0.1, -0.05) is 5.21 Å². The largest absolute Gasteiger partial charge is 0.582 e. The molecule has 7 N–H and O–H groups in total. The lowest BCUT2D eigenvalue weighted by molar-refractivity contribution is -0.132. The van der Waals surface area contributed by atoms with Crippen LogP contribution in [0.25, 0.3) is 22.2 Å². The number of H-pyrrole nitrogens is 1. The maximum absolute atomic E-state index is 15.9. The molecule has 0 bridgehead atoms. The second-order valence-corrected chi connectivity index (χ2v) is 16.0. The van der Waals surface area contributed by atoms with E-state index in [0.29, 0.717) is 5.39 Å². The molecule has 0 radical (unpaired) electrons. The standard InChI is InChI=1S/C21H22F2N10O8P2S2/c22-21(23)12(41-42(36)44)10(40-18(21)32-2-1-7-13(24)26-6-27-14(7)32)5-38-43(37,45)20-3-8(20)9(4-34)39-17(20)33-15-11(30-31-33)16(35)29-19(25)28-15/h1-2,6,8-10,12,17-18,34H,3-5H2,(H6-,24,25,26,27,28,29,31,35,36,37,44,45)/p+1. The van der Waals surface area contributed by atoms with E-state index < -0.39 is 80.3 Å². The summed E-state index contributed by atoms with van der Waals surface area (Å²) in [5, 5.41) is 16.7. The van der Waals surface area contributed by atoms with Crippen LogP contribution in [-0.2, 0) is 34.9 Å². The summed E-state index contributed by atoms with van der Waals surface area (Å²) in [4.78, 5) is 38.3. The van der Waals surface area contributed by atoms with Crippen molar-refractivity contribution in [3.05, 3.63) is 28.9 Å². The van der Waals surface area contributed by atoms with Crippen LogP contribution >= 0.6 is 26.0 Å². The first-order chi connectivity index (χ1) is 21.3. The number of rotatable bonds is 9. The van der Waals surface area contributed by atoms with Gasteiger partial charge in [-0.2, -0.15) is 18.4 Å². The SMILES string of the molecule is Nc1nc2c(nnn2C2OC(CO)C3CC32P(O)(=S)OCC2OC(n3ccc4c(N)ncnc43)C(F)(F)C2O[P+](=O)S)c(=O)[nH]1. The summed E-state index contributed by atoms with van der Waals surface area (Å²) in [7, 11) is -2.84. The van der Waals surface area contributed by atoms with Crippen LogP contribution in [0, 0.1) is 5.92 Å². The first-order valence-corrected chi connectivity index (χ1v) is 18.1. The van der Waals surface area contributed by atoms with Gasteiger partial charge in [-0.15, -0.1) is 9.62 Å². The van der Waals surface area contributed by atoms with Crippen molar-refractivity contribution in [2.24, 2.45) is 5.92 Å². The molecule has 6 heterocycles. The summed E-state index contributed by atoms with van der Waals surface area (Å²) in [5.41, 5.74) is 10.7. The third-order valence-electron chi connectivity index (χ3n) is 8.25. The van der Waals surface area contributed by atoms with E-state index in [-0.39, 0.29) is 35.0 Å². The van der Waals surface area contributed by atoms with Gasteiger partial charge in [0, 0.05) is 12.1 Å². The Morgan fingerprint density at radius 3 is 2.76 bits per heavy atom. The molecule has 0 spiro atoms. The zero-order valence-electron chi connectivity index (χ0n) is 22.5. The number of hydrogen-bond acceptors (Lipinski definition) is 15. The highest BCUT2D eigenvalue weighted by molar-refractivity contribution is 8.39. The number of aromatic nitrogens is 8. The predicted molar refractivity (Wildman–Crippen MR) is 157 cm³/mol. The molecule has 4 aromatic rings. The van der Waals surface area contributed by atoms with Crippen LogP contribution in [-0.4, -0.2) is 92.1 Å². The molecule has 4 aromatic heterocycles. The summed E-state index contributed by atoms with van der Waals surface area (Å²) in [6.45, 7) is -5.24. The number of anilines is 2. The van der Waals surface area contributed by atoms with Crippen molar-refractivity contribution < 1.29 is 41.9 Å². The lowest BCUT2D eigenvalue weighted by Gasteiger charge is -2.30. The molecule has 9 atom stereocenters. The summed E-state index contributed by atoms with van der Waals surface area (Å²) < 4.78 is 68.4. The van der Waals surface area contributed by atoms with Crippen molar-refractivity contribution in [1.29, 1.82) is 0 Å². The second-order valence-electron chi connectivity index (χ2n) is 10.7. The molecule has 3 aliphatic rings. The summed E-state index contributed by atoms with van der Waals surface area (Å²) in [5.74, 6) is -4.52. The fraction of sp³-hybridized carbons (Fsp3) is 0.524. The average Bonchev–Trinajstić information content (AvgIpc) is 3.23. The molecule has 45 heavy (non-hydrogen) atoms. The third-order valence-corrected chi connectivity index (χ3v) is 12.6. The Balaban J connectivity index is 1.20. The summed E-state index contributed by atoms with van der Waals surface area (Å²) in [6, 6.07) is 1.44. The van der Waals surface area contributed by atoms with Crippen molar-refractivity contribution in [3.8, 4) is 0 Å². The molecule has 0 aromatic carbocycles. The fourth-order valence-electron chi connectivity index (χ4n) is 6.13. The molecule has 18 nitrogen and oxygen atoms in total. The number of aliphatic hydroxyl groups is 1. The van der Waals surface area contributed by atoms with Gasteiger partial charge in [0.05, 0.1) is 29.9 Å². The van der Waals surface area contributed by atoms with E-state index >= 15 is 8.78 Å². The molecule has 1 saturated carbocycles. The first kappa shape index (κ1) is 30.9. The van der Waals surface area contributed by atoms with Crippen LogP contribution in [0.4, 0.5) is 20.5 Å². The van der Waals surface area contributed by atoms with Gasteiger partial charge in [-0.25, -0.2) is 9.97 Å². The maximum atomic E-state index is 15.9. The van der Waals surface area contributed by atoms with Gasteiger partial charge in [0.25, 0.3) is 5.56 Å². The van der Waals surface area contributed by atoms with Gasteiger partial charge in [0.15, 0.2) is 23.9 Å². The monoisotopic (exact) mass is 707 g/mol. The number of ether oxygens (including phenoxy) is 2. The molecule has 2 saturated heterocycles. The highest BCUT2D eigenvalue weighted by atomic mass is 32.7. The van der Waals surface area contributed by atoms with Crippen LogP contribution in [0.3, 0.4) is 0 Å². The quantitative estimate of drug-likeness (QED) is 0.103. The van der Waals surface area contributed by atoms with Gasteiger partial charge in [0.2, 0.25) is 18.3 Å². The first-order valence-electron chi connectivity index (χ1n) is 13.1. The molecule has 1 aliphatic carbocycles. The maximum Gasteiger partial charge on any atom is 0.582 e. The normalized spacial score (nSPS) is 32.2. The number of nitrogens with two attached hydrogens (primary N) is 2. The number of halogens is 2. The average molecular weight is 708 g/mol. The molecule has 240 valence electrons. The van der Waals surface area contributed by atoms with Gasteiger partial charge in [-0.3, -0.25) is 9.78 Å². The number of hydrogen-bond donors (Lipinski definition) is 6. The second kappa shape index (κ2) is 10.6. The van der Waals surface area contributed by atoms with Crippen LogP contribution in [0.15, 0.2) is 23.4 Å². The van der Waals surface area contributed by atoms with E-state index in [1.54, 1.807) is 0 Å². The lowest BCUT2D eigenvalue weighted by atomic mass is 10.1. The summed E-state index contributed by atoms with van der Waals surface area (Å²) >= 11 is 9.26. The minimum Gasteiger partial charge on any atom is -0.394 e. The number of thiol groups is 1. The van der Waals surface area contributed by atoms with Crippen LogP contribution in [0.5, 0.6) is 0 Å². The molecular weight excluding hydrogens is 684 g/mol. The molecule has 2 aliphatic heterocycles. The highest BCUT2D eigenvalue weighted by Crippen LogP contribution is 2.80. The predicted octanol–water partition coefficient (Wildman–Crippen LogP) is 0.596. The Hall–Kier alpha value is -2.78. The molecule has 24 heteroatoms. The number of aliphatic hydroxyl groups excluding tert-OH is 1. The molecular formula is C21H23F2N10O8P2S2+. The number of aromatic amines is 1. The van der Waals surface area contributed by atoms with Crippen LogP contribution in [0.1, 0.15) is 18.9 Å². The van der Waals surface area contributed by atoms with E-state index in [0.717, 1.165) is 15.6 Å². The van der Waals surface area contributed by atoms with Crippen molar-refractivity contribution in [3.63, 3.8) is 0 Å². The lowest BCUT2D eigenvalue weighted by Crippen LogP contribution is -2.40. The van der Waals surface area contributed by atoms with Gasteiger partial charge < -0.3 is 40.0 Å². The van der Waals surface area contributed by atoms with E-state index in [1.165, 1.54) is 12.3 Å². The zero-order chi connectivity index (χ0) is 32.1. The number of nitrogen functional groups attached to an aromatic ring is 2. The Labute approximate surface area is 260 Å². The molecule has 9 unspecified atom stereocenters. The molecule has 3 fully saturated rings. The number of fused-ring (bicyclic) bond motifs is 3. The highest BCUT2D eigenvalue weighted by Gasteiger charge is 2.77. The van der Waals surface area contributed by atoms with Crippen molar-refractivity contribution in [1.82, 2.24) is 39.5 Å². The van der Waals surface area contributed by atoms with Crippen molar-refractivity contribution >= 4 is 71.7 Å². The van der Waals surface area contributed by atoms with E-state index in [1.807, 2.05) is 0 Å². The Morgan fingerprint density at radius 2 is 2.02 bits per heavy atom. The Kier molecular flexibility index (Phi) is 7.28. The van der Waals surface area contributed by atoms with Crippen LogP contribution < -0.4 is 17.0 Å². The third kappa shape index (κ3) is 4.61. The van der Waals surface area contributed by atoms with Gasteiger partial charge >= 0.3 is 13.2 Å². The molecule has 0 amide bonds. The minimum absolute atomic E-state index is 0.0453. The zero-order valence-corrected chi connectivity index (χ0v) is 26.0. The topological polar surface area (TPSA) is 254 Å². The Bertz CT molecular complexity index is 1970. The Morgan fingerprint density at radius 1 is 1.27 bits per heavy atom. The van der Waals surface area contributed by atoms with E-state index in [9.17, 15) is 19.4 Å². The number of nitrogens with one attached hydrogen (secondary N) is 1. The minimum atomic E-state index is -4.06. The smallest absolute Gasteiger partial charge is 0.394 e. The van der Waals surface area contributed by atoms with E-state index in [2.05, 4.69) is 42.5 Å². The number of alkyl halides is 2. The summed E-state index contributed by atoms with van der Waals surface area (Å²) in [6.07, 6.45) is -5.24. The molecule has 7 rings (SSSR count). The van der Waals surface area contributed by atoms with Crippen molar-refractivity contribution in [2.75, 3.05) is 24.7 Å². The van der Waals surface area contributed by atoms with Crippen LogP contribution in [0.2, 0.25) is 0 Å². The van der Waals surface area contributed by atoms with Crippen molar-refractivity contribution in [2.45, 2.75) is 48.3 Å². The fourth-order valence-corrected chi connectivity index (χ4v) is 10.0. The number of nitrogens with zero attached hydrogens (tertiary/aromatic N) is 7. The van der Waals surface area contributed by atoms with Gasteiger partial charge in [0.1, 0.15) is 36.1 Å². The van der Waals surface area contributed by atoms with Gasteiger partial charge in [-0.05, 0) is 28.9 Å². The van der Waals surface area contributed by atoms with E-state index in [4.69, 9.17) is 41.8 Å².